The van der Waals surface area contributed by atoms with E-state index < -0.39 is 0 Å². The fourth-order valence-corrected chi connectivity index (χ4v) is 2.78. The van der Waals surface area contributed by atoms with Gasteiger partial charge in [0.1, 0.15) is 5.82 Å². The van der Waals surface area contributed by atoms with Gasteiger partial charge in [0.25, 0.3) is 5.91 Å². The highest BCUT2D eigenvalue weighted by molar-refractivity contribution is 5.90. The van der Waals surface area contributed by atoms with Crippen LogP contribution in [0.25, 0.3) is 0 Å². The fraction of sp³-hybridized carbons (Fsp3) is 0.800. The molecule has 0 spiro atoms. The maximum Gasteiger partial charge on any atom is 0.293 e. The third-order valence-electron chi connectivity index (χ3n) is 4.00. The molecule has 1 aliphatic carbocycles. The van der Waals surface area contributed by atoms with E-state index in [9.17, 15) is 4.79 Å². The second kappa shape index (κ2) is 5.94. The van der Waals surface area contributed by atoms with Crippen LogP contribution in [0.2, 0.25) is 0 Å². The average Bonchev–Trinajstić information content (AvgIpc) is 2.90. The molecule has 5 nitrogen and oxygen atoms in total. The first-order chi connectivity index (χ1) is 9.43. The zero-order valence-corrected chi connectivity index (χ0v) is 13.1. The molecule has 1 aliphatic rings. The van der Waals surface area contributed by atoms with Gasteiger partial charge in [-0.15, -0.1) is 5.10 Å². The molecular weight excluding hydrogens is 252 g/mol. The normalized spacial score (nSPS) is 17.2. The van der Waals surface area contributed by atoms with Crippen molar-refractivity contribution in [3.63, 3.8) is 0 Å². The van der Waals surface area contributed by atoms with Crippen molar-refractivity contribution >= 4 is 5.91 Å². The van der Waals surface area contributed by atoms with Crippen molar-refractivity contribution in [2.45, 2.75) is 71.3 Å². The smallest absolute Gasteiger partial charge is 0.293 e. The van der Waals surface area contributed by atoms with Gasteiger partial charge in [0.05, 0.1) is 0 Å². The van der Waals surface area contributed by atoms with E-state index in [4.69, 9.17) is 0 Å². The molecule has 2 rings (SSSR count). The molecule has 0 bridgehead atoms. The van der Waals surface area contributed by atoms with Gasteiger partial charge in [-0.05, 0) is 19.8 Å². The highest BCUT2D eigenvalue weighted by atomic mass is 16.2. The van der Waals surface area contributed by atoms with Crippen molar-refractivity contribution in [3.8, 4) is 0 Å². The highest BCUT2D eigenvalue weighted by Crippen LogP contribution is 2.24. The maximum atomic E-state index is 12.6. The first-order valence-corrected chi connectivity index (χ1v) is 7.67. The minimum Gasteiger partial charge on any atom is -0.333 e. The van der Waals surface area contributed by atoms with Crippen LogP contribution in [0.5, 0.6) is 0 Å². The maximum absolute atomic E-state index is 12.6. The molecule has 0 aromatic carbocycles. The third-order valence-corrected chi connectivity index (χ3v) is 4.00. The Balaban J connectivity index is 2.13. The number of H-pyrrole nitrogens is 1. The molecule has 112 valence electrons. The highest BCUT2D eigenvalue weighted by Gasteiger charge is 2.28. The van der Waals surface area contributed by atoms with Crippen LogP contribution >= 0.6 is 0 Å². The Hall–Kier alpha value is -1.39. The van der Waals surface area contributed by atoms with Crippen LogP contribution in [-0.4, -0.2) is 38.6 Å². The van der Waals surface area contributed by atoms with E-state index >= 15 is 0 Å². The zero-order chi connectivity index (χ0) is 14.8. The van der Waals surface area contributed by atoms with Crippen LogP contribution in [0.4, 0.5) is 0 Å². The molecule has 1 saturated carbocycles. The number of carbonyl (C=O) groups excluding carboxylic acids is 1. The molecule has 1 aromatic heterocycles. The van der Waals surface area contributed by atoms with Crippen LogP contribution < -0.4 is 0 Å². The predicted octanol–water partition coefficient (Wildman–Crippen LogP) is 2.90. The molecule has 0 radical (unpaired) electrons. The Morgan fingerprint density at radius 1 is 1.30 bits per heavy atom. The Morgan fingerprint density at radius 3 is 2.45 bits per heavy atom. The summed E-state index contributed by atoms with van der Waals surface area (Å²) in [5, 5.41) is 7.02. The number of nitrogens with zero attached hydrogens (tertiary/aromatic N) is 3. The Labute approximate surface area is 121 Å². The molecule has 1 N–H and O–H groups in total. The summed E-state index contributed by atoms with van der Waals surface area (Å²) in [6.07, 6.45) is 5.94. The minimum atomic E-state index is -0.118. The van der Waals surface area contributed by atoms with E-state index in [1.807, 2.05) is 11.8 Å². The fourth-order valence-electron chi connectivity index (χ4n) is 2.78. The van der Waals surface area contributed by atoms with E-state index in [0.717, 1.165) is 25.2 Å². The molecule has 1 amide bonds. The molecule has 0 unspecified atom stereocenters. The van der Waals surface area contributed by atoms with Gasteiger partial charge >= 0.3 is 0 Å². The summed E-state index contributed by atoms with van der Waals surface area (Å²) in [5.41, 5.74) is -0.118. The average molecular weight is 278 g/mol. The van der Waals surface area contributed by atoms with E-state index in [1.165, 1.54) is 19.3 Å². The summed E-state index contributed by atoms with van der Waals surface area (Å²) < 4.78 is 0. The van der Waals surface area contributed by atoms with Gasteiger partial charge in [-0.1, -0.05) is 40.0 Å². The largest absolute Gasteiger partial charge is 0.333 e. The van der Waals surface area contributed by atoms with Gasteiger partial charge < -0.3 is 4.90 Å². The second-order valence-electron chi connectivity index (χ2n) is 6.64. The molecule has 0 saturated heterocycles. The second-order valence-corrected chi connectivity index (χ2v) is 6.64. The SMILES string of the molecule is CCN(C(=O)c1n[nH]c(C(C)(C)C)n1)C1CCCCC1. The zero-order valence-electron chi connectivity index (χ0n) is 13.1. The lowest BCUT2D eigenvalue weighted by atomic mass is 9.94. The van der Waals surface area contributed by atoms with Crippen molar-refractivity contribution < 1.29 is 4.79 Å². The van der Waals surface area contributed by atoms with Gasteiger partial charge in [-0.2, -0.15) is 0 Å². The number of aromatic amines is 1. The monoisotopic (exact) mass is 278 g/mol. The summed E-state index contributed by atoms with van der Waals surface area (Å²) in [4.78, 5) is 18.9. The number of carbonyl (C=O) groups is 1. The Kier molecular flexibility index (Phi) is 4.45. The van der Waals surface area contributed by atoms with Crippen molar-refractivity contribution in [1.82, 2.24) is 20.1 Å². The molecule has 0 atom stereocenters. The molecule has 5 heteroatoms. The van der Waals surface area contributed by atoms with Crippen LogP contribution in [0.3, 0.4) is 0 Å². The molecule has 0 aliphatic heterocycles. The summed E-state index contributed by atoms with van der Waals surface area (Å²) in [6.45, 7) is 8.92. The summed E-state index contributed by atoms with van der Waals surface area (Å²) in [5.74, 6) is 1.04. The number of hydrogen-bond acceptors (Lipinski definition) is 3. The van der Waals surface area contributed by atoms with Gasteiger partial charge in [0, 0.05) is 18.0 Å². The van der Waals surface area contributed by atoms with Gasteiger partial charge in [0.2, 0.25) is 5.82 Å². The summed E-state index contributed by atoms with van der Waals surface area (Å²) in [6, 6.07) is 0.359. The first kappa shape index (κ1) is 15.0. The van der Waals surface area contributed by atoms with E-state index in [0.29, 0.717) is 11.9 Å². The van der Waals surface area contributed by atoms with Crippen molar-refractivity contribution in [2.75, 3.05) is 6.54 Å². The van der Waals surface area contributed by atoms with Crippen molar-refractivity contribution in [1.29, 1.82) is 0 Å². The molecule has 20 heavy (non-hydrogen) atoms. The number of rotatable bonds is 3. The van der Waals surface area contributed by atoms with Gasteiger partial charge in [-0.25, -0.2) is 4.98 Å². The number of amides is 1. The lowest BCUT2D eigenvalue weighted by Gasteiger charge is -2.32. The number of aromatic nitrogens is 3. The third kappa shape index (κ3) is 3.19. The summed E-state index contributed by atoms with van der Waals surface area (Å²) >= 11 is 0. The number of hydrogen-bond donors (Lipinski definition) is 1. The quantitative estimate of drug-likeness (QED) is 0.924. The molecule has 1 fully saturated rings. The van der Waals surface area contributed by atoms with E-state index in [1.54, 1.807) is 0 Å². The topological polar surface area (TPSA) is 61.9 Å². The van der Waals surface area contributed by atoms with Crippen molar-refractivity contribution in [3.05, 3.63) is 11.6 Å². The summed E-state index contributed by atoms with van der Waals surface area (Å²) in [7, 11) is 0. The number of nitrogens with one attached hydrogen (secondary N) is 1. The van der Waals surface area contributed by atoms with E-state index in [2.05, 4.69) is 36.0 Å². The predicted molar refractivity (Wildman–Crippen MR) is 78.7 cm³/mol. The van der Waals surface area contributed by atoms with Crippen LogP contribution in [0.15, 0.2) is 0 Å². The molecule has 1 heterocycles. The minimum absolute atomic E-state index is 0.0360. The van der Waals surface area contributed by atoms with E-state index in [-0.39, 0.29) is 11.3 Å². The van der Waals surface area contributed by atoms with Crippen molar-refractivity contribution in [2.24, 2.45) is 0 Å². The Morgan fingerprint density at radius 2 is 1.95 bits per heavy atom. The van der Waals surface area contributed by atoms with Crippen LogP contribution in [-0.2, 0) is 5.41 Å². The standard InChI is InChI=1S/C15H26N4O/c1-5-19(11-9-7-6-8-10-11)13(20)12-16-14(18-17-12)15(2,3)4/h11H,5-10H2,1-4H3,(H,16,17,18). The molecule has 1 aromatic rings. The Bertz CT molecular complexity index is 455. The van der Waals surface area contributed by atoms with Crippen LogP contribution in [0, 0.1) is 0 Å². The first-order valence-electron chi connectivity index (χ1n) is 7.67. The van der Waals surface area contributed by atoms with Gasteiger partial charge in [-0.3, -0.25) is 9.89 Å². The van der Waals surface area contributed by atoms with Gasteiger partial charge in [0.15, 0.2) is 0 Å². The molecular formula is C15H26N4O. The van der Waals surface area contributed by atoms with Crippen LogP contribution in [0.1, 0.15) is 76.2 Å². The lowest BCUT2D eigenvalue weighted by molar-refractivity contribution is 0.0635. The lowest BCUT2D eigenvalue weighted by Crippen LogP contribution is -2.41.